The number of hydrogen-bond acceptors (Lipinski definition) is 2. The van der Waals surface area contributed by atoms with Crippen LogP contribution in [0.1, 0.15) is 62.8 Å². The summed E-state index contributed by atoms with van der Waals surface area (Å²) in [4.78, 5) is 5.22. The summed E-state index contributed by atoms with van der Waals surface area (Å²) in [5.41, 5.74) is 4.91. The predicted molar refractivity (Wildman–Crippen MR) is 184 cm³/mol. The van der Waals surface area contributed by atoms with E-state index in [-0.39, 0.29) is 10.9 Å². The maximum atomic E-state index is 2.61. The van der Waals surface area contributed by atoms with Gasteiger partial charge in [0, 0.05) is 10.9 Å². The quantitative estimate of drug-likeness (QED) is 0.0954. The fourth-order valence-corrected chi connectivity index (χ4v) is 6.92. The van der Waals surface area contributed by atoms with Gasteiger partial charge in [-0.05, 0) is 48.4 Å². The molecule has 0 N–H and O–H groups in total. The zero-order valence-corrected chi connectivity index (χ0v) is 26.3. The highest BCUT2D eigenvalue weighted by Crippen LogP contribution is 2.38. The Morgan fingerprint density at radius 3 is 0.857 bits per heavy atom. The maximum Gasteiger partial charge on any atom is 0.149 e. The average Bonchev–Trinajstić information content (AvgIpc) is 3.07. The summed E-state index contributed by atoms with van der Waals surface area (Å²) in [5, 5.41) is 0. The van der Waals surface area contributed by atoms with Crippen molar-refractivity contribution in [3.63, 3.8) is 0 Å². The first-order valence-corrected chi connectivity index (χ1v) is 16.1. The summed E-state index contributed by atoms with van der Waals surface area (Å²) in [6.45, 7) is 13.1. The van der Waals surface area contributed by atoms with E-state index in [1.807, 2.05) is 0 Å². The van der Waals surface area contributed by atoms with Crippen molar-refractivity contribution in [1.29, 1.82) is 0 Å². The van der Waals surface area contributed by atoms with Crippen molar-refractivity contribution in [2.75, 3.05) is 26.2 Å². The highest BCUT2D eigenvalue weighted by molar-refractivity contribution is 6.42. The van der Waals surface area contributed by atoms with E-state index in [4.69, 9.17) is 0 Å². The van der Waals surface area contributed by atoms with Crippen molar-refractivity contribution < 1.29 is 0 Å². The van der Waals surface area contributed by atoms with E-state index in [0.717, 1.165) is 51.7 Å². The number of rotatable bonds is 17. The highest BCUT2D eigenvalue weighted by Gasteiger charge is 2.40. The standard InChI is InChI=1S/C38H48B2N2/c1-5-41(6-2)37(33-23-13-9-14-24-33,34-25-15-10-16-26-34)39-31-21-22-32-40-38(42(7-3)8-4,35-27-17-11-18-28-35)36-29-19-12-20-30-36/h9-20,23-30H,5-8,21-22,31-32H2,1-4H3. The molecule has 0 atom stereocenters. The number of benzene rings is 4. The summed E-state index contributed by atoms with van der Waals surface area (Å²) < 4.78 is 0. The van der Waals surface area contributed by atoms with Gasteiger partial charge in [0.2, 0.25) is 0 Å². The molecule has 0 unspecified atom stereocenters. The molecule has 0 aromatic heterocycles. The van der Waals surface area contributed by atoms with Crippen LogP contribution in [0, 0.1) is 0 Å². The molecule has 0 aliphatic carbocycles. The minimum Gasteiger partial charge on any atom is -0.298 e. The van der Waals surface area contributed by atoms with Gasteiger partial charge >= 0.3 is 0 Å². The van der Waals surface area contributed by atoms with Crippen LogP contribution in [0.3, 0.4) is 0 Å². The minimum absolute atomic E-state index is 0.241. The highest BCUT2D eigenvalue weighted by atomic mass is 15.2. The summed E-state index contributed by atoms with van der Waals surface area (Å²) >= 11 is 0. The summed E-state index contributed by atoms with van der Waals surface area (Å²) in [6, 6.07) is 44.3. The zero-order valence-electron chi connectivity index (χ0n) is 26.3. The van der Waals surface area contributed by atoms with Gasteiger partial charge < -0.3 is 0 Å². The van der Waals surface area contributed by atoms with Crippen LogP contribution in [0.15, 0.2) is 121 Å². The molecule has 4 aromatic carbocycles. The topological polar surface area (TPSA) is 6.48 Å². The normalized spacial score (nSPS) is 12.0. The predicted octanol–water partition coefficient (Wildman–Crippen LogP) is 8.50. The molecule has 216 valence electrons. The summed E-state index contributed by atoms with van der Waals surface area (Å²) in [5.74, 6) is 0. The lowest BCUT2D eigenvalue weighted by molar-refractivity contribution is 0.209. The molecule has 0 aliphatic rings. The Balaban J connectivity index is 1.55. The van der Waals surface area contributed by atoms with Crippen molar-refractivity contribution in [2.24, 2.45) is 0 Å². The molecule has 42 heavy (non-hydrogen) atoms. The van der Waals surface area contributed by atoms with E-state index in [1.165, 1.54) is 22.3 Å². The van der Waals surface area contributed by atoms with Crippen molar-refractivity contribution in [2.45, 2.75) is 64.1 Å². The largest absolute Gasteiger partial charge is 0.298 e. The molecule has 4 heteroatoms. The summed E-state index contributed by atoms with van der Waals surface area (Å²) in [6.07, 6.45) is 4.42. The number of nitrogens with zero attached hydrogens (tertiary/aromatic N) is 2. The Morgan fingerprint density at radius 2 is 0.643 bits per heavy atom. The van der Waals surface area contributed by atoms with Crippen molar-refractivity contribution in [3.05, 3.63) is 144 Å². The molecular weight excluding hydrogens is 506 g/mol. The molecule has 4 aromatic rings. The molecule has 0 aliphatic heterocycles. The van der Waals surface area contributed by atoms with Gasteiger partial charge in [-0.3, -0.25) is 9.80 Å². The monoisotopic (exact) mass is 554 g/mol. The molecule has 2 radical (unpaired) electrons. The number of hydrogen-bond donors (Lipinski definition) is 0. The fourth-order valence-electron chi connectivity index (χ4n) is 6.92. The fraction of sp³-hybridized carbons (Fsp3) is 0.368. The molecule has 0 bridgehead atoms. The van der Waals surface area contributed by atoms with Gasteiger partial charge in [-0.25, -0.2) is 0 Å². The van der Waals surface area contributed by atoms with E-state index >= 15 is 0 Å². The zero-order chi connectivity index (χ0) is 29.7. The van der Waals surface area contributed by atoms with Crippen LogP contribution in [-0.2, 0) is 10.9 Å². The van der Waals surface area contributed by atoms with E-state index < -0.39 is 0 Å². The van der Waals surface area contributed by atoms with E-state index in [1.54, 1.807) is 0 Å². The SMILES string of the molecule is CCN(CC)C([B]CCCC[B]C(c1ccccc1)(c1ccccc1)N(CC)CC)(c1ccccc1)c1ccccc1. The van der Waals surface area contributed by atoms with Crippen molar-refractivity contribution >= 4 is 14.6 Å². The van der Waals surface area contributed by atoms with Crippen molar-refractivity contribution in [3.8, 4) is 0 Å². The summed E-state index contributed by atoms with van der Waals surface area (Å²) in [7, 11) is 5.19. The molecular formula is C38H48B2N2. The number of unbranched alkanes of at least 4 members (excludes halogenated alkanes) is 1. The van der Waals surface area contributed by atoms with Crippen LogP contribution in [0.4, 0.5) is 0 Å². The lowest BCUT2D eigenvalue weighted by Gasteiger charge is -2.45. The molecule has 0 amide bonds. The van der Waals surface area contributed by atoms with Gasteiger partial charge in [0.05, 0.1) is 0 Å². The Kier molecular flexibility index (Phi) is 12.1. The average molecular weight is 554 g/mol. The molecule has 2 nitrogen and oxygen atoms in total. The minimum atomic E-state index is -0.241. The second-order valence-corrected chi connectivity index (χ2v) is 11.0. The van der Waals surface area contributed by atoms with Crippen LogP contribution < -0.4 is 0 Å². The van der Waals surface area contributed by atoms with Crippen LogP contribution in [0.2, 0.25) is 12.6 Å². The van der Waals surface area contributed by atoms with Gasteiger partial charge in [0.15, 0.2) is 0 Å². The first kappa shape index (κ1) is 31.9. The Morgan fingerprint density at radius 1 is 0.405 bits per heavy atom. The third-order valence-electron chi connectivity index (χ3n) is 8.92. The van der Waals surface area contributed by atoms with E-state index in [0.29, 0.717) is 0 Å². The third-order valence-corrected chi connectivity index (χ3v) is 8.92. The van der Waals surface area contributed by atoms with Crippen molar-refractivity contribution in [1.82, 2.24) is 9.80 Å². The maximum absolute atomic E-state index is 2.61. The van der Waals surface area contributed by atoms with Gasteiger partial charge in [0.25, 0.3) is 0 Å². The first-order chi connectivity index (χ1) is 20.7. The van der Waals surface area contributed by atoms with Crippen LogP contribution in [0.5, 0.6) is 0 Å². The van der Waals surface area contributed by atoms with Crippen LogP contribution >= 0.6 is 0 Å². The lowest BCUT2D eigenvalue weighted by atomic mass is 9.47. The van der Waals surface area contributed by atoms with E-state index in [9.17, 15) is 0 Å². The second kappa shape index (κ2) is 16.0. The molecule has 4 rings (SSSR count). The van der Waals surface area contributed by atoms with Crippen LogP contribution in [0.25, 0.3) is 0 Å². The molecule has 0 saturated carbocycles. The molecule has 0 heterocycles. The molecule has 0 spiro atoms. The second-order valence-electron chi connectivity index (χ2n) is 11.0. The van der Waals surface area contributed by atoms with Crippen LogP contribution in [-0.4, -0.2) is 50.5 Å². The molecule has 0 fully saturated rings. The Bertz CT molecular complexity index is 1090. The lowest BCUT2D eigenvalue weighted by Crippen LogP contribution is -2.51. The van der Waals surface area contributed by atoms with Gasteiger partial charge in [-0.15, -0.1) is 0 Å². The Labute approximate surface area is 257 Å². The Hall–Kier alpha value is -3.07. The third kappa shape index (κ3) is 6.77. The van der Waals surface area contributed by atoms with Gasteiger partial charge in [0.1, 0.15) is 14.6 Å². The van der Waals surface area contributed by atoms with Gasteiger partial charge in [-0.2, -0.15) is 0 Å². The first-order valence-electron chi connectivity index (χ1n) is 16.1. The van der Waals surface area contributed by atoms with E-state index in [2.05, 4.69) is 173 Å². The van der Waals surface area contributed by atoms with Gasteiger partial charge in [-0.1, -0.05) is 175 Å². The molecule has 0 saturated heterocycles. The smallest absolute Gasteiger partial charge is 0.149 e.